The third kappa shape index (κ3) is 3.73. The lowest BCUT2D eigenvalue weighted by atomic mass is 9.84. The van der Waals surface area contributed by atoms with Gasteiger partial charge < -0.3 is 28.0 Å². The number of imide groups is 1. The molecule has 23 heavy (non-hydrogen) atoms. The van der Waals surface area contributed by atoms with Crippen molar-refractivity contribution in [3.63, 3.8) is 0 Å². The fraction of sp³-hybridized carbons (Fsp3) is 0.545. The van der Waals surface area contributed by atoms with Gasteiger partial charge >= 0.3 is 5.97 Å². The van der Waals surface area contributed by atoms with Crippen LogP contribution >= 0.6 is 12.6 Å². The highest BCUT2D eigenvalue weighted by molar-refractivity contribution is 7.82. The molecule has 0 aromatic heterocycles. The zero-order valence-electron chi connectivity index (χ0n) is 12.1. The van der Waals surface area contributed by atoms with E-state index in [-0.39, 0.29) is 4.90 Å². The summed E-state index contributed by atoms with van der Waals surface area (Å²) in [5.41, 5.74) is 17.7. The SMILES string of the molecule is NCC(=O)C(S)[C@](C(=O)O)(C(=O)CN)N(C(=O)CN)C(=O)CN. The van der Waals surface area contributed by atoms with Crippen LogP contribution < -0.4 is 22.9 Å². The molecule has 0 heterocycles. The number of carboxylic acids is 1. The van der Waals surface area contributed by atoms with Gasteiger partial charge in [0.05, 0.1) is 26.2 Å². The smallest absolute Gasteiger partial charge is 0.339 e. The van der Waals surface area contributed by atoms with Gasteiger partial charge in [0.1, 0.15) is 5.25 Å². The van der Waals surface area contributed by atoms with Crippen molar-refractivity contribution in [3.8, 4) is 0 Å². The predicted molar refractivity (Wildman–Crippen MR) is 81.2 cm³/mol. The standard InChI is InChI=1S/C11H19N5O6S/c12-1-5(17)9(23)11(10(21)22,6(18)2-13)16(7(19)3-14)8(20)4-15/h9,23H,1-4,12-15H2,(H,21,22)/t9?,11-/m0/s1. The molecule has 0 aromatic rings. The molecule has 11 nitrogen and oxygen atoms in total. The maximum Gasteiger partial charge on any atom is 0.339 e. The number of carbonyl (C=O) groups excluding carboxylic acids is 4. The first-order valence-electron chi connectivity index (χ1n) is 6.30. The number of hydrogen-bond acceptors (Lipinski definition) is 10. The van der Waals surface area contributed by atoms with E-state index >= 15 is 0 Å². The molecule has 0 saturated heterocycles. The molecule has 9 N–H and O–H groups in total. The first kappa shape index (κ1) is 21.1. The van der Waals surface area contributed by atoms with E-state index in [1.54, 1.807) is 0 Å². The van der Waals surface area contributed by atoms with Crippen molar-refractivity contribution in [1.29, 1.82) is 0 Å². The van der Waals surface area contributed by atoms with Crippen LogP contribution in [0.15, 0.2) is 0 Å². The fourth-order valence-electron chi connectivity index (χ4n) is 1.95. The highest BCUT2D eigenvalue weighted by atomic mass is 32.1. The Hall–Kier alpha value is -1.86. The average molecular weight is 349 g/mol. The molecule has 2 amide bonds. The summed E-state index contributed by atoms with van der Waals surface area (Å²) in [5.74, 6) is -6.71. The molecule has 130 valence electrons. The van der Waals surface area contributed by atoms with Crippen molar-refractivity contribution >= 4 is 42.0 Å². The number of thiol groups is 1. The Labute approximate surface area is 136 Å². The monoisotopic (exact) mass is 349 g/mol. The summed E-state index contributed by atoms with van der Waals surface area (Å²) in [7, 11) is 0. The van der Waals surface area contributed by atoms with Crippen molar-refractivity contribution in [3.05, 3.63) is 0 Å². The van der Waals surface area contributed by atoms with E-state index in [1.807, 2.05) is 0 Å². The van der Waals surface area contributed by atoms with E-state index in [2.05, 4.69) is 12.6 Å². The van der Waals surface area contributed by atoms with Gasteiger partial charge in [-0.05, 0) is 0 Å². The molecule has 12 heteroatoms. The highest BCUT2D eigenvalue weighted by Gasteiger charge is 2.60. The summed E-state index contributed by atoms with van der Waals surface area (Å²) in [5, 5.41) is 7.62. The highest BCUT2D eigenvalue weighted by Crippen LogP contribution is 2.27. The van der Waals surface area contributed by atoms with Crippen LogP contribution in [0.1, 0.15) is 0 Å². The van der Waals surface area contributed by atoms with Crippen LogP contribution in [0.4, 0.5) is 0 Å². The third-order valence-corrected chi connectivity index (χ3v) is 3.70. The molecule has 0 aliphatic heterocycles. The first-order valence-corrected chi connectivity index (χ1v) is 6.81. The number of hydrogen-bond donors (Lipinski definition) is 6. The van der Waals surface area contributed by atoms with Gasteiger partial charge in [-0.15, -0.1) is 0 Å². The number of Topliss-reactive ketones (excluding diaryl/α,β-unsaturated/α-hetero) is 2. The van der Waals surface area contributed by atoms with E-state index in [9.17, 15) is 29.1 Å². The van der Waals surface area contributed by atoms with Crippen LogP contribution in [0.3, 0.4) is 0 Å². The van der Waals surface area contributed by atoms with Crippen LogP contribution in [-0.2, 0) is 24.0 Å². The predicted octanol–water partition coefficient (Wildman–Crippen LogP) is -4.56. The summed E-state index contributed by atoms with van der Waals surface area (Å²) in [6, 6.07) is 0. The maximum atomic E-state index is 12.2. The second kappa shape index (κ2) is 8.69. The molecule has 0 saturated carbocycles. The summed E-state index contributed by atoms with van der Waals surface area (Å²) < 4.78 is 0. The molecule has 0 aromatic carbocycles. The largest absolute Gasteiger partial charge is 0.479 e. The lowest BCUT2D eigenvalue weighted by Gasteiger charge is -2.40. The van der Waals surface area contributed by atoms with Crippen LogP contribution in [0.2, 0.25) is 0 Å². The van der Waals surface area contributed by atoms with E-state index < -0.39 is 66.3 Å². The Kier molecular flexibility index (Phi) is 7.99. The fourth-order valence-corrected chi connectivity index (χ4v) is 2.42. The number of aliphatic carboxylic acids is 1. The van der Waals surface area contributed by atoms with Crippen molar-refractivity contribution in [2.24, 2.45) is 22.9 Å². The number of nitrogens with zero attached hydrogens (tertiary/aromatic N) is 1. The van der Waals surface area contributed by atoms with E-state index in [1.165, 1.54) is 0 Å². The topological polar surface area (TPSA) is 213 Å². The molecule has 1 unspecified atom stereocenters. The minimum Gasteiger partial charge on any atom is -0.479 e. The quantitative estimate of drug-likeness (QED) is 0.173. The van der Waals surface area contributed by atoms with Gasteiger partial charge in [0.15, 0.2) is 11.6 Å². The summed E-state index contributed by atoms with van der Waals surface area (Å²) >= 11 is 3.81. The molecule has 0 bridgehead atoms. The number of amides is 2. The zero-order chi connectivity index (χ0) is 18.4. The Morgan fingerprint density at radius 2 is 1.35 bits per heavy atom. The number of carboxylic acid groups (broad SMARTS) is 1. The zero-order valence-corrected chi connectivity index (χ0v) is 13.0. The number of ketones is 2. The van der Waals surface area contributed by atoms with Crippen molar-refractivity contribution in [2.75, 3.05) is 26.2 Å². The van der Waals surface area contributed by atoms with Crippen molar-refractivity contribution in [1.82, 2.24) is 4.90 Å². The van der Waals surface area contributed by atoms with Crippen molar-refractivity contribution in [2.45, 2.75) is 10.8 Å². The van der Waals surface area contributed by atoms with Crippen LogP contribution in [0.25, 0.3) is 0 Å². The van der Waals surface area contributed by atoms with Crippen LogP contribution in [-0.4, -0.2) is 76.3 Å². The third-order valence-electron chi connectivity index (χ3n) is 3.04. The Bertz CT molecular complexity index is 511. The number of nitrogens with two attached hydrogens (primary N) is 4. The van der Waals surface area contributed by atoms with Gasteiger partial charge in [-0.25, -0.2) is 4.79 Å². The van der Waals surface area contributed by atoms with Gasteiger partial charge in [-0.2, -0.15) is 12.6 Å². The number of carbonyl (C=O) groups is 5. The van der Waals surface area contributed by atoms with Gasteiger partial charge in [-0.3, -0.25) is 24.1 Å². The molecule has 0 rings (SSSR count). The average Bonchev–Trinajstić information content (AvgIpc) is 2.55. The van der Waals surface area contributed by atoms with Gasteiger partial charge in [0.2, 0.25) is 17.4 Å². The van der Waals surface area contributed by atoms with Gasteiger partial charge in [-0.1, -0.05) is 0 Å². The minimum absolute atomic E-state index is 0.0375. The Morgan fingerprint density at radius 1 is 0.913 bits per heavy atom. The number of rotatable bonds is 9. The first-order chi connectivity index (χ1) is 10.7. The maximum absolute atomic E-state index is 12.2. The lowest BCUT2D eigenvalue weighted by Crippen LogP contribution is -2.72. The Morgan fingerprint density at radius 3 is 1.61 bits per heavy atom. The van der Waals surface area contributed by atoms with E-state index in [0.717, 1.165) is 0 Å². The normalized spacial score (nSPS) is 14.5. The van der Waals surface area contributed by atoms with E-state index in [0.29, 0.717) is 0 Å². The second-order valence-corrected chi connectivity index (χ2v) is 4.82. The Balaban J connectivity index is 6.65. The molecule has 0 aliphatic carbocycles. The summed E-state index contributed by atoms with van der Waals surface area (Å²) in [6.07, 6.45) is 0. The van der Waals surface area contributed by atoms with Crippen LogP contribution in [0.5, 0.6) is 0 Å². The molecular weight excluding hydrogens is 330 g/mol. The molecule has 0 spiro atoms. The second-order valence-electron chi connectivity index (χ2n) is 4.30. The van der Waals surface area contributed by atoms with Crippen LogP contribution in [0, 0.1) is 0 Å². The molecule has 0 aliphatic rings. The molecule has 0 radical (unpaired) electrons. The van der Waals surface area contributed by atoms with E-state index in [4.69, 9.17) is 22.9 Å². The summed E-state index contributed by atoms with van der Waals surface area (Å²) in [6.45, 7) is -3.18. The molecule has 0 fully saturated rings. The summed E-state index contributed by atoms with van der Waals surface area (Å²) in [4.78, 5) is 59.9. The molecular formula is C11H19N5O6S. The minimum atomic E-state index is -2.98. The lowest BCUT2D eigenvalue weighted by molar-refractivity contribution is -0.170. The van der Waals surface area contributed by atoms with Crippen molar-refractivity contribution < 1.29 is 29.1 Å². The molecule has 2 atom stereocenters. The van der Waals surface area contributed by atoms with Gasteiger partial charge in [0.25, 0.3) is 0 Å². The van der Waals surface area contributed by atoms with Gasteiger partial charge in [0, 0.05) is 0 Å².